The van der Waals surface area contributed by atoms with E-state index in [0.29, 0.717) is 29.5 Å². The molecule has 0 aliphatic carbocycles. The van der Waals surface area contributed by atoms with E-state index in [9.17, 15) is 4.79 Å². The highest BCUT2D eigenvalue weighted by atomic mass is 16.5. The molecule has 8 nitrogen and oxygen atoms in total. The average Bonchev–Trinajstić information content (AvgIpc) is 3.17. The van der Waals surface area contributed by atoms with Gasteiger partial charge >= 0.3 is 0 Å². The predicted octanol–water partition coefficient (Wildman–Crippen LogP) is 3.16. The highest BCUT2D eigenvalue weighted by molar-refractivity contribution is 6.08. The SMILES string of the molecule is COc1ccc(OC)c2c1cc(C(=O)Nc1cccc(OCCN3CCOCC3)c1)n2C. The lowest BCUT2D eigenvalue weighted by Gasteiger charge is -2.26. The first-order valence-electron chi connectivity index (χ1n) is 10.7. The van der Waals surface area contributed by atoms with Crippen molar-refractivity contribution in [1.82, 2.24) is 9.47 Å². The lowest BCUT2D eigenvalue weighted by molar-refractivity contribution is 0.0322. The van der Waals surface area contributed by atoms with Gasteiger partial charge in [-0.1, -0.05) is 6.07 Å². The molecule has 0 atom stereocenters. The van der Waals surface area contributed by atoms with E-state index in [4.69, 9.17) is 18.9 Å². The molecule has 3 aromatic rings. The maximum atomic E-state index is 13.1. The first-order valence-corrected chi connectivity index (χ1v) is 10.7. The first kappa shape index (κ1) is 22.0. The summed E-state index contributed by atoms with van der Waals surface area (Å²) in [4.78, 5) is 15.4. The number of amides is 1. The molecule has 1 saturated heterocycles. The van der Waals surface area contributed by atoms with Crippen molar-refractivity contribution in [2.45, 2.75) is 0 Å². The number of fused-ring (bicyclic) bond motifs is 1. The predicted molar refractivity (Wildman–Crippen MR) is 123 cm³/mol. The van der Waals surface area contributed by atoms with E-state index in [2.05, 4.69) is 10.2 Å². The number of aromatic nitrogens is 1. The summed E-state index contributed by atoms with van der Waals surface area (Å²) in [5, 5.41) is 3.79. The fourth-order valence-electron chi connectivity index (χ4n) is 3.95. The third-order valence-corrected chi connectivity index (χ3v) is 5.66. The summed E-state index contributed by atoms with van der Waals surface area (Å²) >= 11 is 0. The van der Waals surface area contributed by atoms with Gasteiger partial charge in [0.1, 0.15) is 29.5 Å². The van der Waals surface area contributed by atoms with Crippen molar-refractivity contribution in [1.29, 1.82) is 0 Å². The van der Waals surface area contributed by atoms with Gasteiger partial charge in [0, 0.05) is 43.8 Å². The summed E-state index contributed by atoms with van der Waals surface area (Å²) in [6.45, 7) is 4.83. The van der Waals surface area contributed by atoms with Gasteiger partial charge in [-0.15, -0.1) is 0 Å². The summed E-state index contributed by atoms with van der Waals surface area (Å²) in [5.74, 6) is 1.86. The van der Waals surface area contributed by atoms with Crippen molar-refractivity contribution in [3.05, 3.63) is 48.2 Å². The summed E-state index contributed by atoms with van der Waals surface area (Å²) < 4.78 is 24.0. The third-order valence-electron chi connectivity index (χ3n) is 5.66. The van der Waals surface area contributed by atoms with Crippen LogP contribution < -0.4 is 19.5 Å². The topological polar surface area (TPSA) is 74.2 Å². The van der Waals surface area contributed by atoms with Gasteiger partial charge in [-0.25, -0.2) is 0 Å². The normalized spacial score (nSPS) is 14.3. The van der Waals surface area contributed by atoms with Gasteiger partial charge in [-0.05, 0) is 30.3 Å². The van der Waals surface area contributed by atoms with Gasteiger partial charge in [-0.3, -0.25) is 9.69 Å². The molecule has 0 saturated carbocycles. The number of ether oxygens (including phenoxy) is 4. The van der Waals surface area contributed by atoms with Gasteiger partial charge in [-0.2, -0.15) is 0 Å². The molecule has 0 radical (unpaired) electrons. The van der Waals surface area contributed by atoms with Crippen molar-refractivity contribution in [2.24, 2.45) is 7.05 Å². The standard InChI is InChI=1S/C24H29N3O5/c1-26-20(16-19-21(29-2)7-8-22(30-3)23(19)26)24(28)25-17-5-4-6-18(15-17)32-14-11-27-9-12-31-13-10-27/h4-8,15-16H,9-14H2,1-3H3,(H,25,28). The number of aryl methyl sites for hydroxylation is 1. The van der Waals surface area contributed by atoms with Gasteiger partial charge in [0.2, 0.25) is 0 Å². The van der Waals surface area contributed by atoms with E-state index < -0.39 is 0 Å². The van der Waals surface area contributed by atoms with Crippen LogP contribution in [0.2, 0.25) is 0 Å². The lowest BCUT2D eigenvalue weighted by atomic mass is 10.2. The molecule has 32 heavy (non-hydrogen) atoms. The van der Waals surface area contributed by atoms with Crippen LogP contribution in [0.1, 0.15) is 10.5 Å². The maximum absolute atomic E-state index is 13.1. The zero-order chi connectivity index (χ0) is 22.5. The Morgan fingerprint density at radius 2 is 1.81 bits per heavy atom. The van der Waals surface area contributed by atoms with E-state index in [1.165, 1.54) is 0 Å². The average molecular weight is 440 g/mol. The van der Waals surface area contributed by atoms with E-state index >= 15 is 0 Å². The van der Waals surface area contributed by atoms with Crippen LogP contribution in [0.3, 0.4) is 0 Å². The summed E-state index contributed by atoms with van der Waals surface area (Å²) in [5.41, 5.74) is 1.97. The Kier molecular flexibility index (Phi) is 6.82. The Bertz CT molecular complexity index is 1090. The quantitative estimate of drug-likeness (QED) is 0.581. The minimum Gasteiger partial charge on any atom is -0.496 e. The number of anilines is 1. The van der Waals surface area contributed by atoms with Crippen LogP contribution in [0.15, 0.2) is 42.5 Å². The van der Waals surface area contributed by atoms with Crippen LogP contribution in [0.5, 0.6) is 17.2 Å². The first-order chi connectivity index (χ1) is 15.6. The summed E-state index contributed by atoms with van der Waals surface area (Å²) in [6, 6.07) is 12.9. The minimum atomic E-state index is -0.224. The molecule has 4 rings (SSSR count). The fraction of sp³-hybridized carbons (Fsp3) is 0.375. The van der Waals surface area contributed by atoms with E-state index in [-0.39, 0.29) is 5.91 Å². The molecular weight excluding hydrogens is 410 g/mol. The maximum Gasteiger partial charge on any atom is 0.272 e. The Hall–Kier alpha value is -3.23. The second kappa shape index (κ2) is 9.93. The Morgan fingerprint density at radius 1 is 1.06 bits per heavy atom. The Labute approximate surface area is 187 Å². The molecule has 1 amide bonds. The Morgan fingerprint density at radius 3 is 2.56 bits per heavy atom. The number of hydrogen-bond acceptors (Lipinski definition) is 6. The molecule has 2 aromatic carbocycles. The zero-order valence-corrected chi connectivity index (χ0v) is 18.7. The molecule has 8 heteroatoms. The number of carbonyl (C=O) groups is 1. The summed E-state index contributed by atoms with van der Waals surface area (Å²) in [7, 11) is 5.06. The smallest absolute Gasteiger partial charge is 0.272 e. The molecule has 1 aliphatic rings. The number of methoxy groups -OCH3 is 2. The summed E-state index contributed by atoms with van der Waals surface area (Å²) in [6.07, 6.45) is 0. The van der Waals surface area contributed by atoms with Crippen molar-refractivity contribution in [3.63, 3.8) is 0 Å². The molecule has 1 N–H and O–H groups in total. The minimum absolute atomic E-state index is 0.224. The molecule has 170 valence electrons. The van der Waals surface area contributed by atoms with Gasteiger partial charge in [0.25, 0.3) is 5.91 Å². The van der Waals surface area contributed by atoms with E-state index in [0.717, 1.165) is 49.5 Å². The van der Waals surface area contributed by atoms with Crippen LogP contribution in [0.4, 0.5) is 5.69 Å². The number of rotatable bonds is 8. The van der Waals surface area contributed by atoms with Gasteiger partial charge in [0.05, 0.1) is 33.0 Å². The van der Waals surface area contributed by atoms with Crippen LogP contribution in [0.25, 0.3) is 10.9 Å². The highest BCUT2D eigenvalue weighted by Gasteiger charge is 2.19. The monoisotopic (exact) mass is 439 g/mol. The molecule has 0 bridgehead atoms. The van der Waals surface area contributed by atoms with Crippen molar-refractivity contribution in [3.8, 4) is 17.2 Å². The third kappa shape index (κ3) is 4.66. The number of nitrogens with zero attached hydrogens (tertiary/aromatic N) is 2. The molecule has 1 aliphatic heterocycles. The van der Waals surface area contributed by atoms with Crippen LogP contribution >= 0.6 is 0 Å². The molecule has 1 aromatic heterocycles. The van der Waals surface area contributed by atoms with E-state index in [1.54, 1.807) is 14.2 Å². The van der Waals surface area contributed by atoms with Crippen molar-refractivity contribution < 1.29 is 23.7 Å². The molecule has 2 heterocycles. The fourth-order valence-corrected chi connectivity index (χ4v) is 3.95. The van der Waals surface area contributed by atoms with Crippen molar-refractivity contribution in [2.75, 3.05) is 59.0 Å². The van der Waals surface area contributed by atoms with Crippen LogP contribution in [0, 0.1) is 0 Å². The second-order valence-electron chi connectivity index (χ2n) is 7.61. The molecular formula is C24H29N3O5. The van der Waals surface area contributed by atoms with Crippen molar-refractivity contribution >= 4 is 22.5 Å². The zero-order valence-electron chi connectivity index (χ0n) is 18.7. The van der Waals surface area contributed by atoms with Crippen LogP contribution in [-0.4, -0.2) is 69.0 Å². The second-order valence-corrected chi connectivity index (χ2v) is 7.61. The number of morpholine rings is 1. The number of hydrogen-bond donors (Lipinski definition) is 1. The van der Waals surface area contributed by atoms with Crippen LogP contribution in [-0.2, 0) is 11.8 Å². The lowest BCUT2D eigenvalue weighted by Crippen LogP contribution is -2.38. The number of benzene rings is 2. The largest absolute Gasteiger partial charge is 0.496 e. The van der Waals surface area contributed by atoms with Gasteiger partial charge < -0.3 is 28.8 Å². The molecule has 0 spiro atoms. The Balaban J connectivity index is 1.46. The molecule has 1 fully saturated rings. The number of carbonyl (C=O) groups excluding carboxylic acids is 1. The van der Waals surface area contributed by atoms with Gasteiger partial charge in [0.15, 0.2) is 0 Å². The number of nitrogens with one attached hydrogen (secondary N) is 1. The molecule has 0 unspecified atom stereocenters. The highest BCUT2D eigenvalue weighted by Crippen LogP contribution is 2.35. The van der Waals surface area contributed by atoms with E-state index in [1.807, 2.05) is 54.1 Å².